The van der Waals surface area contributed by atoms with E-state index in [0.717, 1.165) is 6.42 Å². The molecule has 0 amide bonds. The van der Waals surface area contributed by atoms with Crippen LogP contribution >= 0.6 is 0 Å². The van der Waals surface area contributed by atoms with Crippen molar-refractivity contribution in [1.82, 2.24) is 0 Å². The van der Waals surface area contributed by atoms with E-state index in [1.54, 1.807) is 0 Å². The average molecular weight is 272 g/mol. The minimum absolute atomic E-state index is 0.0224. The van der Waals surface area contributed by atoms with Gasteiger partial charge in [-0.2, -0.15) is 0 Å². The number of hydrogen-bond acceptors (Lipinski definition) is 3. The van der Waals surface area contributed by atoms with E-state index in [0.29, 0.717) is 12.8 Å². The molecule has 1 aliphatic carbocycles. The minimum atomic E-state index is -1.74. The summed E-state index contributed by atoms with van der Waals surface area (Å²) in [6, 6.07) is 0. The summed E-state index contributed by atoms with van der Waals surface area (Å²) in [6.07, 6.45) is 5.81. The van der Waals surface area contributed by atoms with Gasteiger partial charge in [-0.25, -0.2) is 0 Å². The van der Waals surface area contributed by atoms with E-state index in [1.165, 1.54) is 0 Å². The van der Waals surface area contributed by atoms with Crippen LogP contribution in [0.25, 0.3) is 0 Å². The van der Waals surface area contributed by atoms with Gasteiger partial charge in [0.2, 0.25) is 0 Å². The topological polar surface area (TPSA) is 49.7 Å². The van der Waals surface area contributed by atoms with Crippen molar-refractivity contribution < 1.29 is 14.6 Å². The zero-order chi connectivity index (χ0) is 14.0. The molecule has 0 fully saturated rings. The Morgan fingerprint density at radius 2 is 2.00 bits per heavy atom. The van der Waals surface area contributed by atoms with Gasteiger partial charge in [0.1, 0.15) is 0 Å². The van der Waals surface area contributed by atoms with Crippen molar-refractivity contribution in [3.05, 3.63) is 12.2 Å². The van der Waals surface area contributed by atoms with Gasteiger partial charge in [0.05, 0.1) is 11.7 Å². The van der Waals surface area contributed by atoms with Gasteiger partial charge in [-0.15, -0.1) is 0 Å². The second-order valence-electron chi connectivity index (χ2n) is 6.89. The van der Waals surface area contributed by atoms with Crippen LogP contribution < -0.4 is 0 Å². The molecule has 18 heavy (non-hydrogen) atoms. The van der Waals surface area contributed by atoms with Crippen LogP contribution in [-0.4, -0.2) is 36.8 Å². The largest absolute Gasteiger partial charge is 0.411 e. The molecule has 1 rings (SSSR count). The summed E-state index contributed by atoms with van der Waals surface area (Å²) in [7, 11) is -1.74. The van der Waals surface area contributed by atoms with Crippen LogP contribution in [0.1, 0.15) is 40.0 Å². The molecule has 1 aliphatic rings. The summed E-state index contributed by atoms with van der Waals surface area (Å²) in [4.78, 5) is 0. The standard InChI is InChI=1S/C14H28O3Si/c1-13(2,3)18(4,5)17-12-6-8-14(16,9-7-12)10-11-15/h6,8,12,15-16H,7,9-11H2,1-5H3/t12-,14+/m0/s1. The summed E-state index contributed by atoms with van der Waals surface area (Å²) >= 11 is 0. The van der Waals surface area contributed by atoms with Crippen molar-refractivity contribution in [2.45, 2.75) is 69.9 Å². The molecule has 106 valence electrons. The fourth-order valence-electron chi connectivity index (χ4n) is 1.91. The van der Waals surface area contributed by atoms with Crippen LogP contribution in [-0.2, 0) is 4.43 Å². The highest BCUT2D eigenvalue weighted by Gasteiger charge is 2.40. The Bertz CT molecular complexity index is 307. The van der Waals surface area contributed by atoms with Crippen molar-refractivity contribution in [3.8, 4) is 0 Å². The lowest BCUT2D eigenvalue weighted by atomic mass is 9.87. The Labute approximate surface area is 112 Å². The van der Waals surface area contributed by atoms with Gasteiger partial charge in [0, 0.05) is 13.0 Å². The molecule has 2 atom stereocenters. The van der Waals surface area contributed by atoms with Crippen LogP contribution in [0.5, 0.6) is 0 Å². The van der Waals surface area contributed by atoms with E-state index in [-0.39, 0.29) is 17.7 Å². The molecule has 0 bridgehead atoms. The normalized spacial score (nSPS) is 29.6. The molecule has 0 radical (unpaired) electrons. The number of hydrogen-bond donors (Lipinski definition) is 2. The summed E-state index contributed by atoms with van der Waals surface area (Å²) in [5.74, 6) is 0. The molecule has 0 heterocycles. The molecule has 4 heteroatoms. The van der Waals surface area contributed by atoms with Crippen molar-refractivity contribution in [2.75, 3.05) is 6.61 Å². The molecule has 0 aromatic carbocycles. The molecule has 0 unspecified atom stereocenters. The molecule has 0 saturated carbocycles. The third-order valence-electron chi connectivity index (χ3n) is 4.28. The first-order chi connectivity index (χ1) is 8.10. The second-order valence-corrected chi connectivity index (χ2v) is 11.6. The van der Waals surface area contributed by atoms with E-state index in [9.17, 15) is 5.11 Å². The molecule has 0 saturated heterocycles. The fourth-order valence-corrected chi connectivity index (χ4v) is 3.22. The Hall–Kier alpha value is -0.163. The first-order valence-electron chi connectivity index (χ1n) is 6.80. The Kier molecular flexibility index (Phi) is 4.81. The first kappa shape index (κ1) is 15.9. The zero-order valence-electron chi connectivity index (χ0n) is 12.4. The van der Waals surface area contributed by atoms with Gasteiger partial charge in [-0.3, -0.25) is 0 Å². The molecule has 0 spiro atoms. The van der Waals surface area contributed by atoms with Gasteiger partial charge in [0.15, 0.2) is 8.32 Å². The van der Waals surface area contributed by atoms with E-state index in [2.05, 4.69) is 33.9 Å². The predicted octanol–water partition coefficient (Wildman–Crippen LogP) is 2.84. The summed E-state index contributed by atoms with van der Waals surface area (Å²) in [5.41, 5.74) is -0.831. The van der Waals surface area contributed by atoms with E-state index in [4.69, 9.17) is 9.53 Å². The average Bonchev–Trinajstić information content (AvgIpc) is 2.20. The van der Waals surface area contributed by atoms with Crippen LogP contribution in [0.4, 0.5) is 0 Å². The highest BCUT2D eigenvalue weighted by Crippen LogP contribution is 2.39. The molecule has 3 nitrogen and oxygen atoms in total. The lowest BCUT2D eigenvalue weighted by molar-refractivity contribution is 0.0325. The van der Waals surface area contributed by atoms with Gasteiger partial charge in [-0.1, -0.05) is 32.9 Å². The SMILES string of the molecule is CC(C)(C)[Si](C)(C)O[C@H]1C=C[C@](O)(CCO)CC1. The van der Waals surface area contributed by atoms with Crippen LogP contribution in [0, 0.1) is 0 Å². The lowest BCUT2D eigenvalue weighted by Gasteiger charge is -2.40. The number of rotatable bonds is 4. The summed E-state index contributed by atoms with van der Waals surface area (Å²) in [6.45, 7) is 11.2. The van der Waals surface area contributed by atoms with E-state index < -0.39 is 13.9 Å². The third-order valence-corrected chi connectivity index (χ3v) is 8.78. The van der Waals surface area contributed by atoms with E-state index >= 15 is 0 Å². The maximum absolute atomic E-state index is 10.2. The molecule has 2 N–H and O–H groups in total. The van der Waals surface area contributed by atoms with Gasteiger partial charge in [0.25, 0.3) is 0 Å². The maximum atomic E-state index is 10.2. The molecular formula is C14H28O3Si. The highest BCUT2D eigenvalue weighted by molar-refractivity contribution is 6.74. The summed E-state index contributed by atoms with van der Waals surface area (Å²) in [5, 5.41) is 19.3. The smallest absolute Gasteiger partial charge is 0.192 e. The van der Waals surface area contributed by atoms with Gasteiger partial charge in [-0.05, 0) is 31.0 Å². The molecular weight excluding hydrogens is 244 g/mol. The van der Waals surface area contributed by atoms with Crippen molar-refractivity contribution in [1.29, 1.82) is 0 Å². The number of aliphatic hydroxyl groups is 2. The minimum Gasteiger partial charge on any atom is -0.411 e. The van der Waals surface area contributed by atoms with Gasteiger partial charge < -0.3 is 14.6 Å². The molecule has 0 aliphatic heterocycles. The fraction of sp³-hybridized carbons (Fsp3) is 0.857. The van der Waals surface area contributed by atoms with Crippen molar-refractivity contribution in [3.63, 3.8) is 0 Å². The van der Waals surface area contributed by atoms with E-state index in [1.807, 2.05) is 12.2 Å². The Morgan fingerprint density at radius 3 is 2.39 bits per heavy atom. The molecule has 0 aromatic heterocycles. The Morgan fingerprint density at radius 1 is 1.39 bits per heavy atom. The molecule has 0 aromatic rings. The maximum Gasteiger partial charge on any atom is 0.192 e. The number of aliphatic hydroxyl groups excluding tert-OH is 1. The monoisotopic (exact) mass is 272 g/mol. The van der Waals surface area contributed by atoms with Crippen molar-refractivity contribution >= 4 is 8.32 Å². The Balaban J connectivity index is 2.63. The quantitative estimate of drug-likeness (QED) is 0.611. The van der Waals surface area contributed by atoms with Crippen LogP contribution in [0.2, 0.25) is 18.1 Å². The second kappa shape index (κ2) is 5.45. The first-order valence-corrected chi connectivity index (χ1v) is 9.71. The predicted molar refractivity (Wildman–Crippen MR) is 77.1 cm³/mol. The summed E-state index contributed by atoms with van der Waals surface area (Å²) < 4.78 is 6.29. The van der Waals surface area contributed by atoms with Crippen molar-refractivity contribution in [2.24, 2.45) is 0 Å². The highest BCUT2D eigenvalue weighted by atomic mass is 28.4. The van der Waals surface area contributed by atoms with Gasteiger partial charge >= 0.3 is 0 Å². The van der Waals surface area contributed by atoms with Crippen LogP contribution in [0.3, 0.4) is 0 Å². The zero-order valence-corrected chi connectivity index (χ0v) is 13.4. The lowest BCUT2D eigenvalue weighted by Crippen LogP contribution is -2.45. The third kappa shape index (κ3) is 3.92. The van der Waals surface area contributed by atoms with Crippen LogP contribution in [0.15, 0.2) is 12.2 Å².